The minimum Gasteiger partial charge on any atom is -0.338 e. The Morgan fingerprint density at radius 1 is 1.24 bits per heavy atom. The molecule has 3 rings (SSSR count). The number of likely N-dealkylation sites (tertiary alicyclic amines) is 1. The summed E-state index contributed by atoms with van der Waals surface area (Å²) in [6.07, 6.45) is 0.382. The first-order valence-electron chi connectivity index (χ1n) is 8.03. The molecule has 0 aromatic heterocycles. The van der Waals surface area contributed by atoms with Crippen molar-refractivity contribution in [1.29, 1.82) is 0 Å². The molecule has 0 bridgehead atoms. The van der Waals surface area contributed by atoms with Crippen LogP contribution in [0.1, 0.15) is 47.9 Å². The number of fused-ring (bicyclic) bond motifs is 1. The molecule has 0 aliphatic carbocycles. The molecular weight excluding hydrogens is 326 g/mol. The summed E-state index contributed by atoms with van der Waals surface area (Å²) in [5.41, 5.74) is -0.604. The van der Waals surface area contributed by atoms with E-state index in [1.165, 1.54) is 18.2 Å². The van der Waals surface area contributed by atoms with Gasteiger partial charge in [-0.3, -0.25) is 29.4 Å². The zero-order valence-electron chi connectivity index (χ0n) is 14.3. The molecule has 0 unspecified atom stereocenters. The van der Waals surface area contributed by atoms with Crippen molar-refractivity contribution in [2.24, 2.45) is 5.41 Å². The van der Waals surface area contributed by atoms with E-state index in [0.29, 0.717) is 6.42 Å². The Morgan fingerprint density at radius 2 is 1.88 bits per heavy atom. The van der Waals surface area contributed by atoms with Gasteiger partial charge in [-0.25, -0.2) is 0 Å². The van der Waals surface area contributed by atoms with Crippen LogP contribution >= 0.6 is 0 Å². The molecule has 3 amide bonds. The van der Waals surface area contributed by atoms with Crippen LogP contribution < -0.4 is 0 Å². The highest BCUT2D eigenvalue weighted by atomic mass is 16.6. The monoisotopic (exact) mass is 345 g/mol. The molecule has 8 nitrogen and oxygen atoms in total. The highest BCUT2D eigenvalue weighted by Gasteiger charge is 2.48. The summed E-state index contributed by atoms with van der Waals surface area (Å²) >= 11 is 0. The van der Waals surface area contributed by atoms with Gasteiger partial charge in [-0.1, -0.05) is 26.8 Å². The molecule has 2 aliphatic rings. The number of nitrogens with zero attached hydrogens (tertiary/aromatic N) is 3. The smallest absolute Gasteiger partial charge is 0.282 e. The normalized spacial score (nSPS) is 17.6. The van der Waals surface area contributed by atoms with Crippen LogP contribution in [0.5, 0.6) is 0 Å². The van der Waals surface area contributed by atoms with E-state index in [1.807, 2.05) is 20.8 Å². The predicted molar refractivity (Wildman–Crippen MR) is 88.0 cm³/mol. The Morgan fingerprint density at radius 3 is 2.44 bits per heavy atom. The van der Waals surface area contributed by atoms with Crippen LogP contribution in [0.15, 0.2) is 18.2 Å². The SMILES string of the molecule is CC(C)(C)CC(=O)N1CC(N2C(=O)c3cccc([N+](=O)[O-])c3C2=O)C1. The van der Waals surface area contributed by atoms with Crippen molar-refractivity contribution in [2.45, 2.75) is 33.2 Å². The van der Waals surface area contributed by atoms with Gasteiger partial charge < -0.3 is 4.90 Å². The molecular formula is C17H19N3O5. The molecule has 1 saturated heterocycles. The van der Waals surface area contributed by atoms with Crippen LogP contribution in [0, 0.1) is 15.5 Å². The van der Waals surface area contributed by atoms with Crippen LogP contribution in [0.3, 0.4) is 0 Å². The van der Waals surface area contributed by atoms with E-state index in [4.69, 9.17) is 0 Å². The van der Waals surface area contributed by atoms with E-state index in [9.17, 15) is 24.5 Å². The van der Waals surface area contributed by atoms with E-state index < -0.39 is 22.8 Å². The summed E-state index contributed by atoms with van der Waals surface area (Å²) in [5, 5.41) is 11.1. The second-order valence-electron chi connectivity index (χ2n) is 7.63. The zero-order valence-corrected chi connectivity index (χ0v) is 14.3. The summed E-state index contributed by atoms with van der Waals surface area (Å²) in [6, 6.07) is 3.60. The van der Waals surface area contributed by atoms with Crippen molar-refractivity contribution < 1.29 is 19.3 Å². The number of nitro groups is 1. The van der Waals surface area contributed by atoms with Gasteiger partial charge >= 0.3 is 0 Å². The summed E-state index contributed by atoms with van der Waals surface area (Å²) in [5.74, 6) is -1.21. The highest BCUT2D eigenvalue weighted by molar-refractivity contribution is 6.23. The molecule has 1 fully saturated rings. The fourth-order valence-corrected chi connectivity index (χ4v) is 3.16. The topological polar surface area (TPSA) is 101 Å². The van der Waals surface area contributed by atoms with E-state index in [0.717, 1.165) is 4.90 Å². The number of nitro benzene ring substituents is 1. The number of imide groups is 1. The minimum atomic E-state index is -0.659. The lowest BCUT2D eigenvalue weighted by molar-refractivity contribution is -0.385. The summed E-state index contributed by atoms with van der Waals surface area (Å²) in [7, 11) is 0. The number of carbonyl (C=O) groups is 3. The van der Waals surface area contributed by atoms with Crippen molar-refractivity contribution in [3.8, 4) is 0 Å². The molecule has 1 aromatic rings. The predicted octanol–water partition coefficient (Wildman–Crippen LogP) is 1.84. The lowest BCUT2D eigenvalue weighted by atomic mass is 9.90. The Labute approximate surface area is 144 Å². The molecule has 0 saturated carbocycles. The van der Waals surface area contributed by atoms with Crippen LogP contribution in [-0.4, -0.2) is 51.6 Å². The van der Waals surface area contributed by atoms with Gasteiger partial charge in [0.15, 0.2) is 0 Å². The van der Waals surface area contributed by atoms with E-state index >= 15 is 0 Å². The van der Waals surface area contributed by atoms with Crippen LogP contribution in [0.4, 0.5) is 5.69 Å². The molecule has 8 heteroatoms. The van der Waals surface area contributed by atoms with Gasteiger partial charge in [0.1, 0.15) is 5.56 Å². The number of benzene rings is 1. The molecule has 0 radical (unpaired) electrons. The van der Waals surface area contributed by atoms with Gasteiger partial charge in [0.05, 0.1) is 16.5 Å². The van der Waals surface area contributed by atoms with Crippen LogP contribution in [0.2, 0.25) is 0 Å². The molecule has 0 spiro atoms. The standard InChI is InChI=1S/C17H19N3O5/c1-17(2,3)7-13(21)18-8-10(9-18)19-15(22)11-5-4-6-12(20(24)25)14(11)16(19)23/h4-6,10H,7-9H2,1-3H3. The molecule has 0 N–H and O–H groups in total. The lowest BCUT2D eigenvalue weighted by Gasteiger charge is -2.43. The fourth-order valence-electron chi connectivity index (χ4n) is 3.16. The fraction of sp³-hybridized carbons (Fsp3) is 0.471. The summed E-state index contributed by atoms with van der Waals surface area (Å²) in [6.45, 7) is 6.44. The van der Waals surface area contributed by atoms with Gasteiger partial charge in [-0.2, -0.15) is 0 Å². The minimum absolute atomic E-state index is 0.0219. The van der Waals surface area contributed by atoms with Gasteiger partial charge in [-0.15, -0.1) is 0 Å². The van der Waals surface area contributed by atoms with Gasteiger partial charge in [0.25, 0.3) is 17.5 Å². The molecule has 2 heterocycles. The lowest BCUT2D eigenvalue weighted by Crippen LogP contribution is -2.62. The van der Waals surface area contributed by atoms with E-state index in [-0.39, 0.29) is 41.2 Å². The number of hydrogen-bond acceptors (Lipinski definition) is 5. The molecule has 25 heavy (non-hydrogen) atoms. The number of carbonyl (C=O) groups excluding carboxylic acids is 3. The first kappa shape index (κ1) is 17.1. The maximum atomic E-state index is 12.6. The third-order valence-corrected chi connectivity index (χ3v) is 4.38. The zero-order chi connectivity index (χ0) is 18.5. The maximum Gasteiger partial charge on any atom is 0.282 e. The quantitative estimate of drug-likeness (QED) is 0.473. The van der Waals surface area contributed by atoms with Crippen molar-refractivity contribution in [3.63, 3.8) is 0 Å². The molecule has 0 atom stereocenters. The summed E-state index contributed by atoms with van der Waals surface area (Å²) < 4.78 is 0. The third kappa shape index (κ3) is 2.88. The number of amides is 3. The molecule has 2 aliphatic heterocycles. The molecule has 1 aromatic carbocycles. The molecule has 132 valence electrons. The third-order valence-electron chi connectivity index (χ3n) is 4.38. The van der Waals surface area contributed by atoms with Gasteiger partial charge in [-0.05, 0) is 11.5 Å². The average molecular weight is 345 g/mol. The van der Waals surface area contributed by atoms with Crippen molar-refractivity contribution in [3.05, 3.63) is 39.4 Å². The average Bonchev–Trinajstić information content (AvgIpc) is 2.69. The maximum absolute atomic E-state index is 12.6. The first-order valence-corrected chi connectivity index (χ1v) is 8.03. The van der Waals surface area contributed by atoms with Gasteiger partial charge in [0.2, 0.25) is 5.91 Å². The van der Waals surface area contributed by atoms with Crippen LogP contribution in [0.25, 0.3) is 0 Å². The Bertz CT molecular complexity index is 790. The van der Waals surface area contributed by atoms with Crippen molar-refractivity contribution in [1.82, 2.24) is 9.80 Å². The Kier molecular flexibility index (Phi) is 3.85. The number of hydrogen-bond donors (Lipinski definition) is 0. The van der Waals surface area contributed by atoms with Crippen LogP contribution in [-0.2, 0) is 4.79 Å². The van der Waals surface area contributed by atoms with Crippen molar-refractivity contribution in [2.75, 3.05) is 13.1 Å². The van der Waals surface area contributed by atoms with E-state index in [2.05, 4.69) is 0 Å². The second kappa shape index (κ2) is 5.65. The Balaban J connectivity index is 1.76. The second-order valence-corrected chi connectivity index (χ2v) is 7.63. The first-order chi connectivity index (χ1) is 11.6. The van der Waals surface area contributed by atoms with Gasteiger partial charge in [0, 0.05) is 25.6 Å². The van der Waals surface area contributed by atoms with E-state index in [1.54, 1.807) is 4.90 Å². The largest absolute Gasteiger partial charge is 0.338 e. The number of rotatable bonds is 3. The summed E-state index contributed by atoms with van der Waals surface area (Å²) in [4.78, 5) is 50.4. The van der Waals surface area contributed by atoms with Crippen molar-refractivity contribution >= 4 is 23.4 Å². The highest BCUT2D eigenvalue weighted by Crippen LogP contribution is 2.34. The Hall–Kier alpha value is -2.77.